The van der Waals surface area contributed by atoms with E-state index in [-0.39, 0.29) is 5.82 Å². The van der Waals surface area contributed by atoms with E-state index in [4.69, 9.17) is 0 Å². The Morgan fingerprint density at radius 3 is 2.50 bits per heavy atom. The van der Waals surface area contributed by atoms with Crippen molar-refractivity contribution < 1.29 is 4.39 Å². The van der Waals surface area contributed by atoms with Gasteiger partial charge in [0.1, 0.15) is 5.82 Å². The van der Waals surface area contributed by atoms with Crippen LogP contribution in [0.4, 0.5) is 4.39 Å². The highest BCUT2D eigenvalue weighted by Crippen LogP contribution is 2.35. The third-order valence-electron chi connectivity index (χ3n) is 4.56. The van der Waals surface area contributed by atoms with Gasteiger partial charge < -0.3 is 5.32 Å². The van der Waals surface area contributed by atoms with Crippen molar-refractivity contribution in [2.75, 3.05) is 13.1 Å². The van der Waals surface area contributed by atoms with Crippen LogP contribution in [0.2, 0.25) is 0 Å². The van der Waals surface area contributed by atoms with Crippen LogP contribution in [-0.2, 0) is 0 Å². The molecular formula is C18H28FN. The Labute approximate surface area is 123 Å². The maximum atomic E-state index is 14.2. The fourth-order valence-electron chi connectivity index (χ4n) is 3.45. The van der Waals surface area contributed by atoms with Crippen molar-refractivity contribution in [2.24, 2.45) is 5.92 Å². The van der Waals surface area contributed by atoms with Gasteiger partial charge in [0.2, 0.25) is 0 Å². The number of halogens is 1. The summed E-state index contributed by atoms with van der Waals surface area (Å²) in [6, 6.07) is 7.36. The summed E-state index contributed by atoms with van der Waals surface area (Å²) in [5, 5.41) is 3.51. The van der Waals surface area contributed by atoms with Gasteiger partial charge in [-0.3, -0.25) is 0 Å². The molecule has 0 amide bonds. The first-order chi connectivity index (χ1) is 9.83. The fraction of sp³-hybridized carbons (Fsp3) is 0.667. The van der Waals surface area contributed by atoms with Crippen LogP contribution in [-0.4, -0.2) is 13.1 Å². The lowest BCUT2D eigenvalue weighted by Crippen LogP contribution is -2.28. The average Bonchev–Trinajstić information content (AvgIpc) is 2.74. The Balaban J connectivity index is 2.12. The van der Waals surface area contributed by atoms with Crippen LogP contribution in [0.15, 0.2) is 24.3 Å². The van der Waals surface area contributed by atoms with Gasteiger partial charge in [-0.1, -0.05) is 50.8 Å². The Morgan fingerprint density at radius 1 is 1.15 bits per heavy atom. The second kappa shape index (κ2) is 8.41. The molecule has 0 aromatic heterocycles. The second-order valence-corrected chi connectivity index (χ2v) is 6.08. The van der Waals surface area contributed by atoms with E-state index in [9.17, 15) is 4.39 Å². The number of benzene rings is 1. The molecule has 1 aliphatic carbocycles. The molecule has 0 radical (unpaired) electrons. The van der Waals surface area contributed by atoms with Gasteiger partial charge in [0.05, 0.1) is 0 Å². The van der Waals surface area contributed by atoms with Crippen LogP contribution in [0.5, 0.6) is 0 Å². The van der Waals surface area contributed by atoms with Gasteiger partial charge >= 0.3 is 0 Å². The van der Waals surface area contributed by atoms with Crippen molar-refractivity contribution >= 4 is 0 Å². The van der Waals surface area contributed by atoms with E-state index in [1.807, 2.05) is 12.1 Å². The average molecular weight is 277 g/mol. The van der Waals surface area contributed by atoms with Crippen LogP contribution in [0.1, 0.15) is 63.4 Å². The zero-order chi connectivity index (χ0) is 14.2. The van der Waals surface area contributed by atoms with Crippen molar-refractivity contribution in [3.8, 4) is 0 Å². The van der Waals surface area contributed by atoms with Crippen molar-refractivity contribution in [2.45, 2.75) is 57.8 Å². The van der Waals surface area contributed by atoms with Crippen LogP contribution in [0.3, 0.4) is 0 Å². The third-order valence-corrected chi connectivity index (χ3v) is 4.56. The van der Waals surface area contributed by atoms with Gasteiger partial charge in [-0.15, -0.1) is 0 Å². The maximum absolute atomic E-state index is 14.2. The highest BCUT2D eigenvalue weighted by Gasteiger charge is 2.25. The molecule has 1 fully saturated rings. The maximum Gasteiger partial charge on any atom is 0.126 e. The quantitative estimate of drug-likeness (QED) is 0.577. The Bertz CT molecular complexity index is 383. The topological polar surface area (TPSA) is 12.0 Å². The molecule has 1 unspecified atom stereocenters. The van der Waals surface area contributed by atoms with Gasteiger partial charge in [0.25, 0.3) is 0 Å². The minimum Gasteiger partial charge on any atom is -0.316 e. The molecule has 0 saturated heterocycles. The summed E-state index contributed by atoms with van der Waals surface area (Å²) in [6.45, 7) is 4.12. The molecule has 1 aliphatic rings. The summed E-state index contributed by atoms with van der Waals surface area (Å²) in [4.78, 5) is 0. The standard InChI is InChI=1S/C18H28FN/c1-2-13-20-14-17(15-9-5-3-4-6-10-15)16-11-7-8-12-18(16)19/h7-8,11-12,15,17,20H,2-6,9-10,13-14H2,1H3. The van der Waals surface area contributed by atoms with E-state index < -0.39 is 0 Å². The molecule has 0 bridgehead atoms. The largest absolute Gasteiger partial charge is 0.316 e. The van der Waals surface area contributed by atoms with Crippen molar-refractivity contribution in [3.05, 3.63) is 35.6 Å². The first-order valence-electron chi connectivity index (χ1n) is 8.28. The van der Waals surface area contributed by atoms with Crippen LogP contribution >= 0.6 is 0 Å². The van der Waals surface area contributed by atoms with E-state index >= 15 is 0 Å². The molecule has 0 heterocycles. The van der Waals surface area contributed by atoms with Gasteiger partial charge in [-0.05, 0) is 43.4 Å². The zero-order valence-electron chi connectivity index (χ0n) is 12.7. The third kappa shape index (κ3) is 4.31. The monoisotopic (exact) mass is 277 g/mol. The first-order valence-corrected chi connectivity index (χ1v) is 8.28. The van der Waals surface area contributed by atoms with Crippen molar-refractivity contribution in [1.29, 1.82) is 0 Å². The second-order valence-electron chi connectivity index (χ2n) is 6.08. The first kappa shape index (κ1) is 15.5. The molecule has 20 heavy (non-hydrogen) atoms. The summed E-state index contributed by atoms with van der Waals surface area (Å²) in [5.41, 5.74) is 0.919. The Hall–Kier alpha value is -0.890. The molecule has 0 spiro atoms. The summed E-state index contributed by atoms with van der Waals surface area (Å²) in [6.07, 6.45) is 8.97. The van der Waals surface area contributed by atoms with E-state index in [1.165, 1.54) is 38.5 Å². The Kier molecular flexibility index (Phi) is 6.52. The molecule has 0 aliphatic heterocycles. The smallest absolute Gasteiger partial charge is 0.126 e. The van der Waals surface area contributed by atoms with Crippen LogP contribution < -0.4 is 5.32 Å². The number of hydrogen-bond acceptors (Lipinski definition) is 1. The molecule has 1 saturated carbocycles. The molecule has 2 heteroatoms. The van der Waals surface area contributed by atoms with Gasteiger partial charge in [-0.25, -0.2) is 4.39 Å². The van der Waals surface area contributed by atoms with E-state index in [0.29, 0.717) is 11.8 Å². The molecule has 2 rings (SSSR count). The number of hydrogen-bond donors (Lipinski definition) is 1. The lowest BCUT2D eigenvalue weighted by Gasteiger charge is -2.27. The fourth-order valence-corrected chi connectivity index (χ4v) is 3.45. The molecule has 1 N–H and O–H groups in total. The Morgan fingerprint density at radius 2 is 1.85 bits per heavy atom. The SMILES string of the molecule is CCCNCC(c1ccccc1F)C1CCCCCC1. The molecule has 1 atom stereocenters. The molecule has 1 aromatic carbocycles. The normalized spacial score (nSPS) is 18.7. The predicted molar refractivity (Wildman–Crippen MR) is 83.5 cm³/mol. The van der Waals surface area contributed by atoms with Gasteiger partial charge in [0, 0.05) is 12.5 Å². The number of rotatable bonds is 6. The molecule has 112 valence electrons. The van der Waals surface area contributed by atoms with Crippen molar-refractivity contribution in [1.82, 2.24) is 5.32 Å². The van der Waals surface area contributed by atoms with Crippen LogP contribution in [0, 0.1) is 11.7 Å². The number of nitrogens with one attached hydrogen (secondary N) is 1. The van der Waals surface area contributed by atoms with E-state index in [0.717, 1.165) is 25.1 Å². The molecular weight excluding hydrogens is 249 g/mol. The lowest BCUT2D eigenvalue weighted by molar-refractivity contribution is 0.353. The highest BCUT2D eigenvalue weighted by atomic mass is 19.1. The predicted octanol–water partition coefficient (Wildman–Crippen LogP) is 4.88. The summed E-state index contributed by atoms with van der Waals surface area (Å²) < 4.78 is 14.2. The zero-order valence-corrected chi connectivity index (χ0v) is 12.7. The van der Waals surface area contributed by atoms with Crippen LogP contribution in [0.25, 0.3) is 0 Å². The minimum absolute atomic E-state index is 0.0277. The summed E-state index contributed by atoms with van der Waals surface area (Å²) >= 11 is 0. The summed E-state index contributed by atoms with van der Waals surface area (Å²) in [7, 11) is 0. The van der Waals surface area contributed by atoms with Gasteiger partial charge in [0.15, 0.2) is 0 Å². The lowest BCUT2D eigenvalue weighted by atomic mass is 9.81. The van der Waals surface area contributed by atoms with Crippen molar-refractivity contribution in [3.63, 3.8) is 0 Å². The van der Waals surface area contributed by atoms with Gasteiger partial charge in [-0.2, -0.15) is 0 Å². The van der Waals surface area contributed by atoms with E-state index in [2.05, 4.69) is 12.2 Å². The molecule has 1 aromatic rings. The highest BCUT2D eigenvalue weighted by molar-refractivity contribution is 5.23. The minimum atomic E-state index is -0.0277. The summed E-state index contributed by atoms with van der Waals surface area (Å²) in [5.74, 6) is 0.944. The van der Waals surface area contributed by atoms with E-state index in [1.54, 1.807) is 12.1 Å². The molecule has 1 nitrogen and oxygen atoms in total.